The molecule has 0 aliphatic heterocycles. The molecule has 0 aliphatic rings. The van der Waals surface area contributed by atoms with Crippen LogP contribution in [0.4, 0.5) is 0 Å². The van der Waals surface area contributed by atoms with Crippen molar-refractivity contribution in [2.75, 3.05) is 0 Å². The first-order chi connectivity index (χ1) is 8.11. The van der Waals surface area contributed by atoms with Crippen molar-refractivity contribution < 1.29 is 4.79 Å². The Bertz CT molecular complexity index is 337. The molecule has 0 radical (unpaired) electrons. The monoisotopic (exact) mass is 233 g/mol. The van der Waals surface area contributed by atoms with Gasteiger partial charge in [0.15, 0.2) is 0 Å². The highest BCUT2D eigenvalue weighted by Crippen LogP contribution is 2.16. The van der Waals surface area contributed by atoms with Gasteiger partial charge in [-0.05, 0) is 38.8 Å². The van der Waals surface area contributed by atoms with Crippen LogP contribution in [0.25, 0.3) is 0 Å². The Morgan fingerprint density at radius 2 is 1.53 bits per heavy atom. The summed E-state index contributed by atoms with van der Waals surface area (Å²) >= 11 is 0. The van der Waals surface area contributed by atoms with Gasteiger partial charge in [0.05, 0.1) is 0 Å². The second-order valence-corrected chi connectivity index (χ2v) is 4.59. The van der Waals surface area contributed by atoms with Crippen LogP contribution in [0.15, 0.2) is 30.3 Å². The highest BCUT2D eigenvalue weighted by Gasteiger charge is 2.24. The number of amides is 1. The fourth-order valence-electron chi connectivity index (χ4n) is 1.96. The largest absolute Gasteiger partial charge is 0.333 e. The Morgan fingerprint density at radius 1 is 1.06 bits per heavy atom. The third-order valence-corrected chi connectivity index (χ3v) is 3.39. The summed E-state index contributed by atoms with van der Waals surface area (Å²) in [5.41, 5.74) is 0.785. The number of benzene rings is 1. The molecular formula is C15H23NO. The molecule has 0 spiro atoms. The Balaban J connectivity index is 2.95. The lowest BCUT2D eigenvalue weighted by Gasteiger charge is -2.34. The molecule has 0 aliphatic carbocycles. The van der Waals surface area contributed by atoms with Gasteiger partial charge in [-0.2, -0.15) is 0 Å². The maximum atomic E-state index is 12.5. The lowest BCUT2D eigenvalue weighted by atomic mass is 10.1. The first kappa shape index (κ1) is 13.8. The van der Waals surface area contributed by atoms with Crippen molar-refractivity contribution in [3.05, 3.63) is 35.9 Å². The van der Waals surface area contributed by atoms with Crippen LogP contribution < -0.4 is 0 Å². The molecule has 1 aromatic carbocycles. The summed E-state index contributed by atoms with van der Waals surface area (Å²) in [7, 11) is 0. The molecule has 0 unspecified atom stereocenters. The van der Waals surface area contributed by atoms with Crippen LogP contribution in [0.1, 0.15) is 50.9 Å². The molecule has 0 saturated heterocycles. The first-order valence-electron chi connectivity index (χ1n) is 6.49. The molecule has 1 aromatic rings. The van der Waals surface area contributed by atoms with Gasteiger partial charge in [0, 0.05) is 17.6 Å². The minimum atomic E-state index is 0.148. The molecule has 0 fully saturated rings. The van der Waals surface area contributed by atoms with Crippen molar-refractivity contribution >= 4 is 5.91 Å². The van der Waals surface area contributed by atoms with Gasteiger partial charge in [-0.1, -0.05) is 32.0 Å². The van der Waals surface area contributed by atoms with Crippen molar-refractivity contribution in [3.63, 3.8) is 0 Å². The molecule has 1 amide bonds. The average molecular weight is 233 g/mol. The normalized spacial score (nSPS) is 14.1. The molecule has 2 atom stereocenters. The van der Waals surface area contributed by atoms with Gasteiger partial charge in [0.1, 0.15) is 0 Å². The Hall–Kier alpha value is -1.31. The maximum absolute atomic E-state index is 12.5. The zero-order valence-corrected chi connectivity index (χ0v) is 11.3. The van der Waals surface area contributed by atoms with Crippen LogP contribution >= 0.6 is 0 Å². The van der Waals surface area contributed by atoms with Crippen LogP contribution in [0, 0.1) is 0 Å². The number of carbonyl (C=O) groups is 1. The van der Waals surface area contributed by atoms with Crippen molar-refractivity contribution in [1.82, 2.24) is 4.90 Å². The second-order valence-electron chi connectivity index (χ2n) is 4.59. The number of carbonyl (C=O) groups excluding carboxylic acids is 1. The van der Waals surface area contributed by atoms with E-state index >= 15 is 0 Å². The first-order valence-corrected chi connectivity index (χ1v) is 6.49. The molecule has 17 heavy (non-hydrogen) atoms. The topological polar surface area (TPSA) is 20.3 Å². The average Bonchev–Trinajstić information content (AvgIpc) is 2.39. The molecule has 94 valence electrons. The Kier molecular flexibility index (Phi) is 5.20. The third-order valence-electron chi connectivity index (χ3n) is 3.39. The minimum absolute atomic E-state index is 0.148. The zero-order valence-electron chi connectivity index (χ0n) is 11.3. The van der Waals surface area contributed by atoms with E-state index in [2.05, 4.69) is 27.7 Å². The van der Waals surface area contributed by atoms with Crippen molar-refractivity contribution in [2.45, 2.75) is 52.6 Å². The highest BCUT2D eigenvalue weighted by molar-refractivity contribution is 5.94. The zero-order chi connectivity index (χ0) is 12.8. The lowest BCUT2D eigenvalue weighted by molar-refractivity contribution is 0.0598. The van der Waals surface area contributed by atoms with E-state index in [4.69, 9.17) is 0 Å². The molecule has 0 bridgehead atoms. The molecule has 0 N–H and O–H groups in total. The van der Waals surface area contributed by atoms with E-state index in [9.17, 15) is 4.79 Å². The summed E-state index contributed by atoms with van der Waals surface area (Å²) in [5, 5.41) is 0. The van der Waals surface area contributed by atoms with Gasteiger partial charge in [0.25, 0.3) is 5.91 Å². The van der Waals surface area contributed by atoms with Crippen LogP contribution in [0.3, 0.4) is 0 Å². The number of hydrogen-bond acceptors (Lipinski definition) is 1. The molecule has 0 aromatic heterocycles. The van der Waals surface area contributed by atoms with Gasteiger partial charge in [-0.3, -0.25) is 4.79 Å². The van der Waals surface area contributed by atoms with Crippen molar-refractivity contribution in [3.8, 4) is 0 Å². The molecule has 1 rings (SSSR count). The molecule has 0 heterocycles. The number of rotatable bonds is 5. The van der Waals surface area contributed by atoms with E-state index in [1.54, 1.807) is 0 Å². The van der Waals surface area contributed by atoms with E-state index in [0.29, 0.717) is 0 Å². The molecule has 0 saturated carbocycles. The highest BCUT2D eigenvalue weighted by atomic mass is 16.2. The fourth-order valence-corrected chi connectivity index (χ4v) is 1.96. The quantitative estimate of drug-likeness (QED) is 0.759. The number of hydrogen-bond donors (Lipinski definition) is 0. The van der Waals surface area contributed by atoms with Crippen molar-refractivity contribution in [1.29, 1.82) is 0 Å². The van der Waals surface area contributed by atoms with Crippen molar-refractivity contribution in [2.24, 2.45) is 0 Å². The van der Waals surface area contributed by atoms with Gasteiger partial charge in [-0.15, -0.1) is 0 Å². The lowest BCUT2D eigenvalue weighted by Crippen LogP contribution is -2.44. The van der Waals surface area contributed by atoms with E-state index in [1.807, 2.05) is 35.2 Å². The predicted octanol–water partition coefficient (Wildman–Crippen LogP) is 3.73. The third kappa shape index (κ3) is 3.32. The molecule has 2 nitrogen and oxygen atoms in total. The maximum Gasteiger partial charge on any atom is 0.254 e. The predicted molar refractivity (Wildman–Crippen MR) is 72.1 cm³/mol. The Morgan fingerprint density at radius 3 is 1.94 bits per heavy atom. The molecule has 2 heteroatoms. The van der Waals surface area contributed by atoms with E-state index in [1.165, 1.54) is 0 Å². The van der Waals surface area contributed by atoms with E-state index < -0.39 is 0 Å². The Labute approximate surface area is 105 Å². The summed E-state index contributed by atoms with van der Waals surface area (Å²) in [6, 6.07) is 10.1. The summed E-state index contributed by atoms with van der Waals surface area (Å²) in [6.45, 7) is 8.48. The van der Waals surface area contributed by atoms with E-state index in [-0.39, 0.29) is 18.0 Å². The number of nitrogens with zero attached hydrogens (tertiary/aromatic N) is 1. The van der Waals surface area contributed by atoms with Crippen LogP contribution in [-0.2, 0) is 0 Å². The SMILES string of the molecule is CC[C@@H](C)N(C(=O)c1ccccc1)[C@@H](C)CC. The standard InChI is InChI=1S/C15H23NO/c1-5-12(3)16(13(4)6-2)15(17)14-10-8-7-9-11-14/h7-13H,5-6H2,1-4H3/t12-,13+. The van der Waals surface area contributed by atoms with Crippen LogP contribution in [0.5, 0.6) is 0 Å². The molecular weight excluding hydrogens is 210 g/mol. The summed E-state index contributed by atoms with van der Waals surface area (Å²) < 4.78 is 0. The second kappa shape index (κ2) is 6.43. The van der Waals surface area contributed by atoms with Crippen LogP contribution in [0.2, 0.25) is 0 Å². The summed E-state index contributed by atoms with van der Waals surface area (Å²) in [5.74, 6) is 0.148. The minimum Gasteiger partial charge on any atom is -0.333 e. The van der Waals surface area contributed by atoms with Gasteiger partial charge in [-0.25, -0.2) is 0 Å². The van der Waals surface area contributed by atoms with E-state index in [0.717, 1.165) is 18.4 Å². The van der Waals surface area contributed by atoms with Gasteiger partial charge < -0.3 is 4.90 Å². The summed E-state index contributed by atoms with van der Waals surface area (Å²) in [4.78, 5) is 14.5. The summed E-state index contributed by atoms with van der Waals surface area (Å²) in [6.07, 6.45) is 1.98. The fraction of sp³-hybridized carbons (Fsp3) is 0.533. The van der Waals surface area contributed by atoms with Crippen LogP contribution in [-0.4, -0.2) is 22.9 Å². The van der Waals surface area contributed by atoms with Gasteiger partial charge >= 0.3 is 0 Å². The smallest absolute Gasteiger partial charge is 0.254 e. The van der Waals surface area contributed by atoms with Gasteiger partial charge in [0.2, 0.25) is 0 Å².